The Balaban J connectivity index is 2.42. The zero-order valence-electron chi connectivity index (χ0n) is 4.70. The van der Waals surface area contributed by atoms with E-state index in [1.54, 1.807) is 0 Å². The highest BCUT2D eigenvalue weighted by atomic mass is 16.4. The van der Waals surface area contributed by atoms with Crippen LogP contribution >= 0.6 is 0 Å². The van der Waals surface area contributed by atoms with Gasteiger partial charge in [0.25, 0.3) is 0 Å². The third-order valence-corrected chi connectivity index (χ3v) is 1.47. The lowest BCUT2D eigenvalue weighted by molar-refractivity contribution is -0.139. The molecule has 1 fully saturated rings. The lowest BCUT2D eigenvalue weighted by atomic mass is 10.3. The molecule has 0 unspecified atom stereocenters. The lowest BCUT2D eigenvalue weighted by Crippen LogP contribution is -2.16. The number of hydrogen-bond acceptors (Lipinski definition) is 2. The van der Waals surface area contributed by atoms with Crippen molar-refractivity contribution in [3.63, 3.8) is 0 Å². The Bertz CT molecular complexity index is 148. The van der Waals surface area contributed by atoms with Gasteiger partial charge in [0.2, 0.25) is 5.91 Å². The summed E-state index contributed by atoms with van der Waals surface area (Å²) in [6.45, 7) is 0. The van der Waals surface area contributed by atoms with Crippen molar-refractivity contribution in [2.75, 3.05) is 0 Å². The van der Waals surface area contributed by atoms with Gasteiger partial charge >= 0.3 is 5.97 Å². The molecule has 1 aliphatic carbocycles. The Morgan fingerprint density at radius 3 is 2.11 bits per heavy atom. The maximum Gasteiger partial charge on any atom is 0.307 e. The smallest absolute Gasteiger partial charge is 0.307 e. The van der Waals surface area contributed by atoms with Crippen LogP contribution in [0.5, 0.6) is 0 Å². The molecule has 0 aromatic rings. The second kappa shape index (κ2) is 1.72. The van der Waals surface area contributed by atoms with Crippen LogP contribution < -0.4 is 5.73 Å². The fourth-order valence-corrected chi connectivity index (χ4v) is 0.782. The molecule has 3 N–H and O–H groups in total. The minimum absolute atomic E-state index is 0.400. The highest BCUT2D eigenvalue weighted by Gasteiger charge is 2.47. The van der Waals surface area contributed by atoms with Crippen molar-refractivity contribution < 1.29 is 14.7 Å². The third-order valence-electron chi connectivity index (χ3n) is 1.47. The molecule has 2 atom stereocenters. The van der Waals surface area contributed by atoms with Crippen molar-refractivity contribution in [1.82, 2.24) is 0 Å². The van der Waals surface area contributed by atoms with Crippen LogP contribution in [0.2, 0.25) is 0 Å². The zero-order valence-corrected chi connectivity index (χ0v) is 4.70. The first kappa shape index (κ1) is 6.07. The summed E-state index contributed by atoms with van der Waals surface area (Å²) in [6, 6.07) is 0. The Morgan fingerprint density at radius 1 is 1.44 bits per heavy atom. The summed E-state index contributed by atoms with van der Waals surface area (Å²) < 4.78 is 0. The van der Waals surface area contributed by atoms with Crippen LogP contribution in [0.3, 0.4) is 0 Å². The monoisotopic (exact) mass is 129 g/mol. The largest absolute Gasteiger partial charge is 0.481 e. The van der Waals surface area contributed by atoms with Crippen LogP contribution in [0.1, 0.15) is 6.42 Å². The van der Waals surface area contributed by atoms with Gasteiger partial charge in [-0.1, -0.05) is 0 Å². The van der Waals surface area contributed by atoms with Gasteiger partial charge in [0.15, 0.2) is 0 Å². The molecular weight excluding hydrogens is 122 g/mol. The molecule has 0 heterocycles. The fourth-order valence-electron chi connectivity index (χ4n) is 0.782. The summed E-state index contributed by atoms with van der Waals surface area (Å²) in [5.74, 6) is -2.31. The number of hydrogen-bond donors (Lipinski definition) is 2. The molecule has 1 rings (SSSR count). The molecule has 50 valence electrons. The van der Waals surface area contributed by atoms with Gasteiger partial charge in [0.05, 0.1) is 11.8 Å². The average Bonchev–Trinajstić information content (AvgIpc) is 2.39. The van der Waals surface area contributed by atoms with E-state index in [2.05, 4.69) is 0 Å². The minimum atomic E-state index is -0.918. The quantitative estimate of drug-likeness (QED) is 0.511. The van der Waals surface area contributed by atoms with Crippen LogP contribution in [-0.2, 0) is 9.59 Å². The van der Waals surface area contributed by atoms with E-state index < -0.39 is 23.7 Å². The van der Waals surface area contributed by atoms with Crippen molar-refractivity contribution in [2.24, 2.45) is 17.6 Å². The van der Waals surface area contributed by atoms with Gasteiger partial charge in [0, 0.05) is 0 Å². The number of aliphatic carboxylic acids is 1. The number of carbonyl (C=O) groups excluding carboxylic acids is 1. The molecule has 1 saturated carbocycles. The van der Waals surface area contributed by atoms with Crippen molar-refractivity contribution in [2.45, 2.75) is 6.42 Å². The SMILES string of the molecule is NC(=O)[C@H]1C[C@@H]1C(=O)O. The van der Waals surface area contributed by atoms with Gasteiger partial charge in [-0.15, -0.1) is 0 Å². The number of amides is 1. The van der Waals surface area contributed by atoms with E-state index in [-0.39, 0.29) is 0 Å². The molecule has 0 aliphatic heterocycles. The molecule has 0 bridgehead atoms. The predicted octanol–water partition coefficient (Wildman–Crippen LogP) is -0.808. The van der Waals surface area contributed by atoms with Crippen LogP contribution in [0.4, 0.5) is 0 Å². The number of rotatable bonds is 2. The van der Waals surface area contributed by atoms with E-state index in [1.807, 2.05) is 0 Å². The van der Waals surface area contributed by atoms with Crippen LogP contribution in [0.25, 0.3) is 0 Å². The summed E-state index contributed by atoms with van der Waals surface area (Å²) in [4.78, 5) is 20.3. The molecule has 4 heteroatoms. The maximum atomic E-state index is 10.2. The topological polar surface area (TPSA) is 80.4 Å². The molecule has 9 heavy (non-hydrogen) atoms. The first-order valence-corrected chi connectivity index (χ1v) is 2.65. The van der Waals surface area contributed by atoms with Gasteiger partial charge in [-0.05, 0) is 6.42 Å². The normalized spacial score (nSPS) is 31.6. The number of primary amides is 1. The Hall–Kier alpha value is -1.06. The first-order chi connectivity index (χ1) is 4.13. The Kier molecular flexibility index (Phi) is 1.16. The van der Waals surface area contributed by atoms with E-state index in [9.17, 15) is 9.59 Å². The van der Waals surface area contributed by atoms with Crippen LogP contribution in [0, 0.1) is 11.8 Å². The third kappa shape index (κ3) is 1.01. The lowest BCUT2D eigenvalue weighted by Gasteiger charge is -1.85. The summed E-state index contributed by atoms with van der Waals surface area (Å²) in [5.41, 5.74) is 4.82. The Labute approximate surface area is 51.7 Å². The van der Waals surface area contributed by atoms with Crippen molar-refractivity contribution >= 4 is 11.9 Å². The second-order valence-corrected chi connectivity index (χ2v) is 2.19. The van der Waals surface area contributed by atoms with Gasteiger partial charge in [-0.2, -0.15) is 0 Å². The average molecular weight is 129 g/mol. The molecule has 4 nitrogen and oxygen atoms in total. The highest BCUT2D eigenvalue weighted by molar-refractivity contribution is 5.88. The molecule has 0 aromatic heterocycles. The minimum Gasteiger partial charge on any atom is -0.481 e. The van der Waals surface area contributed by atoms with Crippen molar-refractivity contribution in [3.8, 4) is 0 Å². The second-order valence-electron chi connectivity index (χ2n) is 2.19. The molecular formula is C5H7NO3. The van der Waals surface area contributed by atoms with E-state index in [0.717, 1.165) is 0 Å². The summed E-state index contributed by atoms with van der Waals surface area (Å²) in [5, 5.41) is 8.26. The van der Waals surface area contributed by atoms with Gasteiger partial charge in [-0.25, -0.2) is 0 Å². The molecule has 0 spiro atoms. The molecule has 1 aliphatic rings. The molecule has 0 aromatic carbocycles. The van der Waals surface area contributed by atoms with E-state index in [1.165, 1.54) is 0 Å². The van der Waals surface area contributed by atoms with Crippen LogP contribution in [0.15, 0.2) is 0 Å². The standard InChI is InChI=1S/C5H7NO3/c6-4(7)2-1-3(2)5(8)9/h2-3H,1H2,(H2,6,7)(H,8,9)/t2-,3-/m0/s1. The summed E-state index contributed by atoms with van der Waals surface area (Å²) >= 11 is 0. The van der Waals surface area contributed by atoms with E-state index >= 15 is 0 Å². The summed E-state index contributed by atoms with van der Waals surface area (Å²) in [6.07, 6.45) is 0.421. The number of carboxylic acids is 1. The molecule has 0 radical (unpaired) electrons. The number of carboxylic acid groups (broad SMARTS) is 1. The predicted molar refractivity (Wildman–Crippen MR) is 28.4 cm³/mol. The first-order valence-electron chi connectivity index (χ1n) is 2.65. The molecule has 0 saturated heterocycles. The fraction of sp³-hybridized carbons (Fsp3) is 0.600. The van der Waals surface area contributed by atoms with E-state index in [4.69, 9.17) is 10.8 Å². The number of nitrogens with two attached hydrogens (primary N) is 1. The summed E-state index contributed by atoms with van der Waals surface area (Å²) in [7, 11) is 0. The van der Waals surface area contributed by atoms with Crippen molar-refractivity contribution in [3.05, 3.63) is 0 Å². The van der Waals surface area contributed by atoms with Gasteiger partial charge in [-0.3, -0.25) is 9.59 Å². The maximum absolute atomic E-state index is 10.2. The Morgan fingerprint density at radius 2 is 2.00 bits per heavy atom. The van der Waals surface area contributed by atoms with Crippen molar-refractivity contribution in [1.29, 1.82) is 0 Å². The van der Waals surface area contributed by atoms with Crippen LogP contribution in [-0.4, -0.2) is 17.0 Å². The van der Waals surface area contributed by atoms with E-state index in [0.29, 0.717) is 6.42 Å². The van der Waals surface area contributed by atoms with Gasteiger partial charge < -0.3 is 10.8 Å². The van der Waals surface area contributed by atoms with Gasteiger partial charge in [0.1, 0.15) is 0 Å². The molecule has 1 amide bonds. The zero-order chi connectivity index (χ0) is 7.02. The highest BCUT2D eigenvalue weighted by Crippen LogP contribution is 2.37. The number of carbonyl (C=O) groups is 2.